The molecule has 0 saturated carbocycles. The molecule has 1 aliphatic heterocycles. The zero-order valence-corrected chi connectivity index (χ0v) is 16.0. The monoisotopic (exact) mass is 364 g/mol. The molecule has 7 heteroatoms. The average Bonchev–Trinajstić information content (AvgIpc) is 2.89. The van der Waals surface area contributed by atoms with E-state index in [1.165, 1.54) is 0 Å². The third-order valence-corrected chi connectivity index (χ3v) is 4.51. The van der Waals surface area contributed by atoms with E-state index in [1.54, 1.807) is 30.9 Å². The largest absolute Gasteiger partial charge is 0.496 e. The highest BCUT2D eigenvalue weighted by molar-refractivity contribution is 5.80. The van der Waals surface area contributed by atoms with E-state index in [0.29, 0.717) is 38.5 Å². The second-order valence-corrected chi connectivity index (χ2v) is 6.23. The lowest BCUT2D eigenvalue weighted by molar-refractivity contribution is -0.130. The van der Waals surface area contributed by atoms with Gasteiger partial charge in [-0.2, -0.15) is 0 Å². The number of benzene rings is 1. The van der Waals surface area contributed by atoms with Crippen LogP contribution in [0.4, 0.5) is 4.79 Å². The minimum absolute atomic E-state index is 0.0138. The van der Waals surface area contributed by atoms with Gasteiger partial charge in [-0.3, -0.25) is 4.79 Å². The summed E-state index contributed by atoms with van der Waals surface area (Å²) in [6, 6.07) is 3.74. The lowest BCUT2D eigenvalue weighted by atomic mass is 10.1. The molecule has 1 aliphatic rings. The molecule has 0 radical (unpaired) electrons. The van der Waals surface area contributed by atoms with Crippen LogP contribution in [0.2, 0.25) is 0 Å². The number of methoxy groups -OCH3 is 2. The van der Waals surface area contributed by atoms with Crippen molar-refractivity contribution in [1.82, 2.24) is 9.80 Å². The molecular weight excluding hydrogens is 336 g/mol. The summed E-state index contributed by atoms with van der Waals surface area (Å²) in [6.45, 7) is 6.29. The Morgan fingerprint density at radius 3 is 2.31 bits per heavy atom. The maximum atomic E-state index is 12.8. The first-order chi connectivity index (χ1) is 12.5. The smallest absolute Gasteiger partial charge is 0.409 e. The lowest BCUT2D eigenvalue weighted by Gasteiger charge is -2.22. The molecule has 1 fully saturated rings. The van der Waals surface area contributed by atoms with Crippen molar-refractivity contribution < 1.29 is 23.8 Å². The van der Waals surface area contributed by atoms with Crippen LogP contribution in [0.15, 0.2) is 12.1 Å². The second-order valence-electron chi connectivity index (χ2n) is 6.23. The molecule has 26 heavy (non-hydrogen) atoms. The van der Waals surface area contributed by atoms with Gasteiger partial charge in [-0.25, -0.2) is 4.79 Å². The van der Waals surface area contributed by atoms with Crippen molar-refractivity contribution in [2.75, 3.05) is 47.0 Å². The van der Waals surface area contributed by atoms with Gasteiger partial charge in [0, 0.05) is 31.7 Å². The number of carbonyl (C=O) groups excluding carboxylic acids is 2. The molecule has 0 atom stereocenters. The van der Waals surface area contributed by atoms with Gasteiger partial charge in [-0.15, -0.1) is 0 Å². The van der Waals surface area contributed by atoms with Crippen LogP contribution in [0.5, 0.6) is 11.5 Å². The Morgan fingerprint density at radius 1 is 1.00 bits per heavy atom. The quantitative estimate of drug-likeness (QED) is 0.802. The van der Waals surface area contributed by atoms with Gasteiger partial charge >= 0.3 is 6.09 Å². The molecule has 1 heterocycles. The fourth-order valence-electron chi connectivity index (χ4n) is 3.09. The van der Waals surface area contributed by atoms with Crippen LogP contribution >= 0.6 is 0 Å². The Bertz CT molecular complexity index is 647. The highest BCUT2D eigenvalue weighted by atomic mass is 16.6. The Balaban J connectivity index is 2.05. The summed E-state index contributed by atoms with van der Waals surface area (Å²) in [4.78, 5) is 28.1. The zero-order chi connectivity index (χ0) is 19.1. The minimum atomic E-state index is -0.313. The van der Waals surface area contributed by atoms with Gasteiger partial charge in [-0.1, -0.05) is 0 Å². The molecule has 0 bridgehead atoms. The Labute approximate surface area is 154 Å². The van der Waals surface area contributed by atoms with Gasteiger partial charge in [-0.05, 0) is 38.0 Å². The molecular formula is C19H28N2O5. The molecule has 0 aliphatic carbocycles. The minimum Gasteiger partial charge on any atom is -0.496 e. The van der Waals surface area contributed by atoms with Crippen LogP contribution in [-0.2, 0) is 16.0 Å². The molecule has 0 aromatic heterocycles. The van der Waals surface area contributed by atoms with Crippen molar-refractivity contribution >= 4 is 12.0 Å². The number of aryl methyl sites for hydroxylation is 1. The van der Waals surface area contributed by atoms with E-state index in [2.05, 4.69) is 0 Å². The van der Waals surface area contributed by atoms with Crippen LogP contribution in [0.1, 0.15) is 24.5 Å². The number of hydrogen-bond acceptors (Lipinski definition) is 5. The molecule has 1 saturated heterocycles. The molecule has 1 aromatic carbocycles. The summed E-state index contributed by atoms with van der Waals surface area (Å²) in [5.74, 6) is 1.43. The van der Waals surface area contributed by atoms with Gasteiger partial charge in [0.2, 0.25) is 5.91 Å². The Hall–Kier alpha value is -2.44. The van der Waals surface area contributed by atoms with E-state index in [-0.39, 0.29) is 18.4 Å². The van der Waals surface area contributed by atoms with Crippen molar-refractivity contribution in [3.05, 3.63) is 23.3 Å². The summed E-state index contributed by atoms with van der Waals surface area (Å²) < 4.78 is 15.8. The van der Waals surface area contributed by atoms with Crippen molar-refractivity contribution in [2.24, 2.45) is 0 Å². The second kappa shape index (κ2) is 9.31. The van der Waals surface area contributed by atoms with E-state index in [0.717, 1.165) is 23.3 Å². The summed E-state index contributed by atoms with van der Waals surface area (Å²) in [6.07, 6.45) is 0.657. The van der Waals surface area contributed by atoms with Crippen LogP contribution < -0.4 is 9.47 Å². The molecule has 7 nitrogen and oxygen atoms in total. The third kappa shape index (κ3) is 4.80. The first-order valence-electron chi connectivity index (χ1n) is 8.91. The number of amides is 2. The lowest BCUT2D eigenvalue weighted by Crippen LogP contribution is -2.38. The number of ether oxygens (including phenoxy) is 3. The number of hydrogen-bond donors (Lipinski definition) is 0. The maximum Gasteiger partial charge on any atom is 0.409 e. The van der Waals surface area contributed by atoms with Crippen molar-refractivity contribution in [2.45, 2.75) is 26.7 Å². The van der Waals surface area contributed by atoms with Crippen molar-refractivity contribution in [1.29, 1.82) is 0 Å². The molecule has 0 spiro atoms. The summed E-state index contributed by atoms with van der Waals surface area (Å²) in [7, 11) is 3.21. The Morgan fingerprint density at radius 2 is 1.65 bits per heavy atom. The van der Waals surface area contributed by atoms with Gasteiger partial charge < -0.3 is 24.0 Å². The maximum absolute atomic E-state index is 12.8. The molecule has 144 valence electrons. The van der Waals surface area contributed by atoms with Crippen LogP contribution in [0.25, 0.3) is 0 Å². The van der Waals surface area contributed by atoms with Gasteiger partial charge in [0.15, 0.2) is 0 Å². The fraction of sp³-hybridized carbons (Fsp3) is 0.579. The first-order valence-corrected chi connectivity index (χ1v) is 8.91. The van der Waals surface area contributed by atoms with Crippen LogP contribution in [0, 0.1) is 6.92 Å². The van der Waals surface area contributed by atoms with E-state index < -0.39 is 0 Å². The molecule has 0 unspecified atom stereocenters. The van der Waals surface area contributed by atoms with Crippen LogP contribution in [-0.4, -0.2) is 68.8 Å². The van der Waals surface area contributed by atoms with E-state index >= 15 is 0 Å². The first kappa shape index (κ1) is 19.9. The van der Waals surface area contributed by atoms with Crippen molar-refractivity contribution in [3.8, 4) is 11.5 Å². The third-order valence-electron chi connectivity index (χ3n) is 4.51. The van der Waals surface area contributed by atoms with Gasteiger partial charge in [0.25, 0.3) is 0 Å². The summed E-state index contributed by atoms with van der Waals surface area (Å²) in [5.41, 5.74) is 1.76. The van der Waals surface area contributed by atoms with E-state index in [1.807, 2.05) is 19.1 Å². The number of rotatable bonds is 5. The molecule has 2 rings (SSSR count). The summed E-state index contributed by atoms with van der Waals surface area (Å²) in [5, 5.41) is 0. The number of carbonyl (C=O) groups is 2. The highest BCUT2D eigenvalue weighted by Gasteiger charge is 2.23. The molecule has 0 N–H and O–H groups in total. The van der Waals surface area contributed by atoms with E-state index in [9.17, 15) is 9.59 Å². The standard InChI is InChI=1S/C19H28N2O5/c1-5-26-19(23)21-8-6-7-20(9-10-21)18(22)13-15-12-16(24-3)14(2)11-17(15)25-4/h11-12H,5-10,13H2,1-4H3. The number of nitrogens with zero attached hydrogens (tertiary/aromatic N) is 2. The fourth-order valence-corrected chi connectivity index (χ4v) is 3.09. The van der Waals surface area contributed by atoms with E-state index in [4.69, 9.17) is 14.2 Å². The van der Waals surface area contributed by atoms with Gasteiger partial charge in [0.05, 0.1) is 27.2 Å². The Kier molecular flexibility index (Phi) is 7.12. The zero-order valence-electron chi connectivity index (χ0n) is 16.0. The average molecular weight is 364 g/mol. The summed E-state index contributed by atoms with van der Waals surface area (Å²) >= 11 is 0. The van der Waals surface area contributed by atoms with Gasteiger partial charge in [0.1, 0.15) is 11.5 Å². The topological polar surface area (TPSA) is 68.3 Å². The van der Waals surface area contributed by atoms with Crippen LogP contribution in [0.3, 0.4) is 0 Å². The van der Waals surface area contributed by atoms with Crippen molar-refractivity contribution in [3.63, 3.8) is 0 Å². The predicted molar refractivity (Wildman–Crippen MR) is 97.8 cm³/mol. The SMILES string of the molecule is CCOC(=O)N1CCCN(C(=O)Cc2cc(OC)c(C)cc2OC)CC1. The normalized spacial score (nSPS) is 14.6. The highest BCUT2D eigenvalue weighted by Crippen LogP contribution is 2.29. The molecule has 1 aromatic rings. The molecule has 2 amide bonds. The predicted octanol–water partition coefficient (Wildman–Crippen LogP) is 2.25.